The van der Waals surface area contributed by atoms with Crippen molar-refractivity contribution in [3.63, 3.8) is 0 Å². The number of nitrogens with zero attached hydrogens (tertiary/aromatic N) is 2. The molecular weight excluding hydrogens is 372 g/mol. The molecule has 1 aromatic heterocycles. The summed E-state index contributed by atoms with van der Waals surface area (Å²) in [7, 11) is 0. The van der Waals surface area contributed by atoms with Crippen LogP contribution >= 0.6 is 11.8 Å². The Morgan fingerprint density at radius 1 is 1.19 bits per heavy atom. The van der Waals surface area contributed by atoms with E-state index in [4.69, 9.17) is 4.52 Å². The number of nitrogens with one attached hydrogen (secondary N) is 2. The van der Waals surface area contributed by atoms with Gasteiger partial charge < -0.3 is 5.32 Å². The Balaban J connectivity index is 1.57. The summed E-state index contributed by atoms with van der Waals surface area (Å²) < 4.78 is 6.35. The van der Waals surface area contributed by atoms with Crippen LogP contribution in [0.1, 0.15) is 6.42 Å². The molecule has 0 atom stereocenters. The quantitative estimate of drug-likeness (QED) is 0.278. The summed E-state index contributed by atoms with van der Waals surface area (Å²) in [6.45, 7) is 0. The number of amides is 1. The molecule has 0 spiro atoms. The predicted octanol–water partition coefficient (Wildman–Crippen LogP) is 2.27. The number of thioether (sulfide) groups is 1. The molecule has 138 valence electrons. The number of nitro groups is 1. The molecule has 1 heterocycles. The van der Waals surface area contributed by atoms with Crippen molar-refractivity contribution in [1.82, 2.24) is 5.27 Å². The molecule has 0 aliphatic rings. The number of benzene rings is 2. The maximum absolute atomic E-state index is 12.0. The second-order valence-corrected chi connectivity index (χ2v) is 6.49. The van der Waals surface area contributed by atoms with E-state index in [2.05, 4.69) is 10.6 Å². The van der Waals surface area contributed by atoms with Crippen molar-refractivity contribution in [1.29, 1.82) is 0 Å². The van der Waals surface area contributed by atoms with Crippen LogP contribution in [0.3, 0.4) is 0 Å². The standard InChI is InChI=1S/C17H14N4O5S/c22-15(18-12-6-8-14(9-7-12)21(24)25)10-11-27-16-17(23)26-19-20(16)13-4-2-1-3-5-13/h1-9H,10-11H2,(H-,18,19,22,23)/p+1. The third kappa shape index (κ3) is 4.61. The van der Waals surface area contributed by atoms with E-state index in [1.807, 2.05) is 30.3 Å². The fourth-order valence-electron chi connectivity index (χ4n) is 2.26. The minimum absolute atomic E-state index is 0.0480. The molecule has 1 amide bonds. The molecular formula is C17H15N4O5S+. The molecule has 0 unspecified atom stereocenters. The summed E-state index contributed by atoms with van der Waals surface area (Å²) in [5.41, 5.74) is 0.644. The van der Waals surface area contributed by atoms with Crippen LogP contribution in [0.2, 0.25) is 0 Å². The van der Waals surface area contributed by atoms with E-state index in [9.17, 15) is 19.7 Å². The number of carbonyl (C=O) groups excluding carboxylic acids is 1. The number of hydrogen-bond donors (Lipinski definition) is 2. The van der Waals surface area contributed by atoms with E-state index in [1.54, 1.807) is 0 Å². The zero-order chi connectivity index (χ0) is 19.2. The van der Waals surface area contributed by atoms with Gasteiger partial charge in [-0.15, -0.1) is 0 Å². The van der Waals surface area contributed by atoms with Crippen molar-refractivity contribution >= 4 is 29.0 Å². The number of rotatable bonds is 7. The normalized spacial score (nSPS) is 10.5. The monoisotopic (exact) mass is 387 g/mol. The Bertz CT molecular complexity index is 998. The lowest BCUT2D eigenvalue weighted by Crippen LogP contribution is -2.36. The highest BCUT2D eigenvalue weighted by atomic mass is 32.2. The molecule has 0 saturated heterocycles. The van der Waals surface area contributed by atoms with Gasteiger partial charge in [-0.1, -0.05) is 18.2 Å². The van der Waals surface area contributed by atoms with Crippen molar-refractivity contribution in [3.8, 4) is 5.69 Å². The van der Waals surface area contributed by atoms with E-state index in [1.165, 1.54) is 40.7 Å². The van der Waals surface area contributed by atoms with Gasteiger partial charge in [0, 0.05) is 42.1 Å². The molecule has 0 bridgehead atoms. The van der Waals surface area contributed by atoms with Crippen molar-refractivity contribution in [2.75, 3.05) is 11.1 Å². The van der Waals surface area contributed by atoms with Crippen molar-refractivity contribution < 1.29 is 18.9 Å². The Morgan fingerprint density at radius 2 is 1.89 bits per heavy atom. The smallest absolute Gasteiger partial charge is 0.326 e. The van der Waals surface area contributed by atoms with Crippen LogP contribution in [0, 0.1) is 10.1 Å². The molecule has 10 heteroatoms. The van der Waals surface area contributed by atoms with Gasteiger partial charge >= 0.3 is 10.7 Å². The second-order valence-electron chi connectivity index (χ2n) is 5.41. The summed E-state index contributed by atoms with van der Waals surface area (Å²) in [6, 6.07) is 14.7. The van der Waals surface area contributed by atoms with Gasteiger partial charge in [0.1, 0.15) is 0 Å². The van der Waals surface area contributed by atoms with Crippen LogP contribution in [-0.2, 0) is 4.79 Å². The molecule has 0 aliphatic carbocycles. The van der Waals surface area contributed by atoms with Gasteiger partial charge in [0.25, 0.3) is 5.69 Å². The average molecular weight is 387 g/mol. The van der Waals surface area contributed by atoms with Gasteiger partial charge in [-0.3, -0.25) is 19.4 Å². The molecule has 0 saturated carbocycles. The average Bonchev–Trinajstić information content (AvgIpc) is 3.03. The zero-order valence-corrected chi connectivity index (χ0v) is 14.8. The Morgan fingerprint density at radius 3 is 2.56 bits per heavy atom. The topological polar surface area (TPSA) is 122 Å². The van der Waals surface area contributed by atoms with Gasteiger partial charge in [0.2, 0.25) is 11.6 Å². The molecule has 2 aromatic carbocycles. The predicted molar refractivity (Wildman–Crippen MR) is 97.9 cm³/mol. The minimum atomic E-state index is -0.514. The molecule has 27 heavy (non-hydrogen) atoms. The molecule has 0 aliphatic heterocycles. The second kappa shape index (κ2) is 8.32. The Labute approximate surface area is 157 Å². The van der Waals surface area contributed by atoms with Gasteiger partial charge in [0.05, 0.1) is 4.92 Å². The first-order valence-corrected chi connectivity index (χ1v) is 8.89. The number of aromatic amines is 1. The highest BCUT2D eigenvalue weighted by molar-refractivity contribution is 7.99. The first-order valence-electron chi connectivity index (χ1n) is 7.90. The molecule has 9 nitrogen and oxygen atoms in total. The van der Waals surface area contributed by atoms with Crippen LogP contribution in [0.25, 0.3) is 5.69 Å². The largest absolute Gasteiger partial charge is 0.442 e. The van der Waals surface area contributed by atoms with Crippen LogP contribution in [0.4, 0.5) is 11.4 Å². The molecule has 3 rings (SSSR count). The third-order valence-corrected chi connectivity index (χ3v) is 4.58. The van der Waals surface area contributed by atoms with E-state index in [0.29, 0.717) is 16.5 Å². The fourth-order valence-corrected chi connectivity index (χ4v) is 3.18. The number of anilines is 1. The van der Waals surface area contributed by atoms with E-state index < -0.39 is 10.5 Å². The van der Waals surface area contributed by atoms with E-state index in [0.717, 1.165) is 5.69 Å². The number of non-ortho nitro benzene ring substituents is 1. The molecule has 2 N–H and O–H groups in total. The summed E-state index contributed by atoms with van der Waals surface area (Å²) in [6.07, 6.45) is 0.154. The molecule has 0 radical (unpaired) electrons. The van der Waals surface area contributed by atoms with Crippen molar-refractivity contribution in [2.45, 2.75) is 11.4 Å². The SMILES string of the molecule is O=C(CCSc1c(=O)o[nH][n+]1-c1ccccc1)Nc1ccc([N+](=O)[O-])cc1. The highest BCUT2D eigenvalue weighted by Gasteiger charge is 2.23. The third-order valence-electron chi connectivity index (χ3n) is 3.55. The lowest BCUT2D eigenvalue weighted by atomic mass is 10.3. The Kier molecular flexibility index (Phi) is 5.67. The summed E-state index contributed by atoms with van der Waals surface area (Å²) in [5.74, 6) is 0.0939. The van der Waals surface area contributed by atoms with Gasteiger partial charge in [-0.25, -0.2) is 4.79 Å². The fraction of sp³-hybridized carbons (Fsp3) is 0.118. The lowest BCUT2D eigenvalue weighted by Gasteiger charge is -2.03. The molecule has 0 fully saturated rings. The lowest BCUT2D eigenvalue weighted by molar-refractivity contribution is -0.704. The van der Waals surface area contributed by atoms with Crippen LogP contribution < -0.4 is 15.6 Å². The van der Waals surface area contributed by atoms with Gasteiger partial charge in [0.15, 0.2) is 0 Å². The zero-order valence-electron chi connectivity index (χ0n) is 14.0. The van der Waals surface area contributed by atoms with E-state index in [-0.39, 0.29) is 18.0 Å². The van der Waals surface area contributed by atoms with Crippen molar-refractivity contribution in [2.24, 2.45) is 0 Å². The minimum Gasteiger partial charge on any atom is -0.326 e. The maximum atomic E-state index is 12.0. The summed E-state index contributed by atoms with van der Waals surface area (Å²) >= 11 is 1.20. The number of nitro benzene ring substituents is 1. The Hall–Kier alpha value is -3.40. The first kappa shape index (κ1) is 18.4. The highest BCUT2D eigenvalue weighted by Crippen LogP contribution is 2.17. The van der Waals surface area contributed by atoms with Crippen LogP contribution in [0.5, 0.6) is 0 Å². The number of hydrogen-bond acceptors (Lipinski definition) is 6. The summed E-state index contributed by atoms with van der Waals surface area (Å²) in [5, 5.41) is 16.2. The first-order chi connectivity index (χ1) is 13.0. The van der Waals surface area contributed by atoms with Gasteiger partial charge in [-0.2, -0.15) is 0 Å². The molecule has 3 aromatic rings. The number of para-hydroxylation sites is 1. The number of H-pyrrole nitrogens is 1. The maximum Gasteiger partial charge on any atom is 0.442 e. The number of aromatic nitrogens is 2. The number of carbonyl (C=O) groups is 1. The summed E-state index contributed by atoms with van der Waals surface area (Å²) in [4.78, 5) is 34.0. The van der Waals surface area contributed by atoms with Crippen molar-refractivity contribution in [3.05, 3.63) is 75.1 Å². The van der Waals surface area contributed by atoms with Crippen LogP contribution in [0.15, 0.2) is 68.9 Å². The van der Waals surface area contributed by atoms with Gasteiger partial charge in [-0.05, 0) is 33.8 Å². The van der Waals surface area contributed by atoms with E-state index >= 15 is 0 Å². The van der Waals surface area contributed by atoms with Crippen LogP contribution in [-0.4, -0.2) is 21.9 Å².